The quantitative estimate of drug-likeness (QED) is 0.801. The van der Waals surface area contributed by atoms with Crippen LogP contribution >= 0.6 is 0 Å². The average molecular weight is 209 g/mol. The zero-order chi connectivity index (χ0) is 10.8. The van der Waals surface area contributed by atoms with Gasteiger partial charge in [-0.05, 0) is 20.4 Å². The molecule has 1 atom stereocenters. The lowest BCUT2D eigenvalue weighted by Gasteiger charge is -2.35. The van der Waals surface area contributed by atoms with E-state index in [2.05, 4.69) is 35.9 Å². The molecule has 2 heterocycles. The number of ether oxygens (including phenoxy) is 1. The minimum Gasteiger partial charge on any atom is -0.378 e. The Kier molecular flexibility index (Phi) is 3.07. The predicted octanol–water partition coefficient (Wildman–Crippen LogP) is 1.42. The first kappa shape index (κ1) is 10.6. The number of morpholine rings is 1. The van der Waals surface area contributed by atoms with Crippen LogP contribution in [0.3, 0.4) is 0 Å². The van der Waals surface area contributed by atoms with Crippen molar-refractivity contribution in [1.29, 1.82) is 0 Å². The molecule has 1 N–H and O–H groups in total. The van der Waals surface area contributed by atoms with E-state index in [1.54, 1.807) is 0 Å². The zero-order valence-corrected chi connectivity index (χ0v) is 9.71. The summed E-state index contributed by atoms with van der Waals surface area (Å²) in [6.07, 6.45) is 0. The second-order valence-electron chi connectivity index (χ2n) is 4.07. The van der Waals surface area contributed by atoms with E-state index < -0.39 is 0 Å². The summed E-state index contributed by atoms with van der Waals surface area (Å²) in [6, 6.07) is 0.377. The molecule has 0 spiro atoms. The molecule has 4 nitrogen and oxygen atoms in total. The van der Waals surface area contributed by atoms with Gasteiger partial charge in [-0.15, -0.1) is 0 Å². The van der Waals surface area contributed by atoms with Crippen molar-refractivity contribution in [3.63, 3.8) is 0 Å². The predicted molar refractivity (Wildman–Crippen MR) is 58.9 cm³/mol. The molecule has 0 radical (unpaired) electrons. The van der Waals surface area contributed by atoms with E-state index in [4.69, 9.17) is 4.74 Å². The molecule has 2 rings (SSSR count). The van der Waals surface area contributed by atoms with Crippen molar-refractivity contribution < 1.29 is 4.74 Å². The van der Waals surface area contributed by atoms with Gasteiger partial charge in [0.2, 0.25) is 0 Å². The highest BCUT2D eigenvalue weighted by atomic mass is 16.5. The van der Waals surface area contributed by atoms with E-state index in [9.17, 15) is 0 Å². The molecule has 1 aliphatic heterocycles. The Morgan fingerprint density at radius 1 is 1.53 bits per heavy atom. The highest BCUT2D eigenvalue weighted by Crippen LogP contribution is 2.27. The molecule has 15 heavy (non-hydrogen) atoms. The maximum Gasteiger partial charge on any atom is 0.0665 e. The number of aromatic nitrogens is 2. The second kappa shape index (κ2) is 4.33. The summed E-state index contributed by atoms with van der Waals surface area (Å²) in [5.41, 5.74) is 3.58. The molecule has 0 saturated carbocycles. The fourth-order valence-electron chi connectivity index (χ4n) is 2.33. The van der Waals surface area contributed by atoms with Gasteiger partial charge in [0.15, 0.2) is 0 Å². The molecule has 1 aliphatic rings. The normalized spacial score (nSPS) is 23.3. The Morgan fingerprint density at radius 2 is 2.33 bits per heavy atom. The highest BCUT2D eigenvalue weighted by molar-refractivity contribution is 5.27. The van der Waals surface area contributed by atoms with Crippen LogP contribution in [0, 0.1) is 13.8 Å². The van der Waals surface area contributed by atoms with Gasteiger partial charge in [0, 0.05) is 17.8 Å². The molecule has 1 fully saturated rings. The van der Waals surface area contributed by atoms with Crippen molar-refractivity contribution in [2.45, 2.75) is 26.8 Å². The Bertz CT molecular complexity index is 315. The van der Waals surface area contributed by atoms with Gasteiger partial charge >= 0.3 is 0 Å². The molecule has 0 aliphatic carbocycles. The smallest absolute Gasteiger partial charge is 0.0665 e. The SMILES string of the molecule is CCN1CCOC[C@H]1c1c(C)n[nH]c1C. The van der Waals surface area contributed by atoms with Gasteiger partial charge in [-0.3, -0.25) is 10.00 Å². The lowest BCUT2D eigenvalue weighted by Crippen LogP contribution is -2.39. The minimum atomic E-state index is 0.377. The van der Waals surface area contributed by atoms with E-state index in [1.165, 1.54) is 11.3 Å². The Hall–Kier alpha value is -0.870. The lowest BCUT2D eigenvalue weighted by atomic mass is 10.0. The van der Waals surface area contributed by atoms with Gasteiger partial charge in [-0.1, -0.05) is 6.92 Å². The number of hydrogen-bond acceptors (Lipinski definition) is 3. The molecule has 1 aromatic rings. The Morgan fingerprint density at radius 3 is 2.93 bits per heavy atom. The number of H-pyrrole nitrogens is 1. The number of aromatic amines is 1. The fraction of sp³-hybridized carbons (Fsp3) is 0.727. The maximum absolute atomic E-state index is 5.56. The number of aryl methyl sites for hydroxylation is 2. The van der Waals surface area contributed by atoms with Crippen LogP contribution in [0.2, 0.25) is 0 Å². The second-order valence-corrected chi connectivity index (χ2v) is 4.07. The summed E-state index contributed by atoms with van der Waals surface area (Å²) in [5, 5.41) is 7.30. The van der Waals surface area contributed by atoms with E-state index in [0.29, 0.717) is 6.04 Å². The fourth-order valence-corrected chi connectivity index (χ4v) is 2.33. The van der Waals surface area contributed by atoms with E-state index in [-0.39, 0.29) is 0 Å². The molecular formula is C11H19N3O. The largest absolute Gasteiger partial charge is 0.378 e. The first-order valence-electron chi connectivity index (χ1n) is 5.57. The van der Waals surface area contributed by atoms with Crippen LogP contribution in [0.5, 0.6) is 0 Å². The maximum atomic E-state index is 5.56. The summed E-state index contributed by atoms with van der Waals surface area (Å²) in [5.74, 6) is 0. The molecular weight excluding hydrogens is 190 g/mol. The third-order valence-corrected chi connectivity index (χ3v) is 3.16. The van der Waals surface area contributed by atoms with Crippen LogP contribution in [0.4, 0.5) is 0 Å². The van der Waals surface area contributed by atoms with Crippen LogP contribution in [-0.2, 0) is 4.74 Å². The summed E-state index contributed by atoms with van der Waals surface area (Å²) in [4.78, 5) is 2.45. The van der Waals surface area contributed by atoms with Crippen LogP contribution in [0.25, 0.3) is 0 Å². The van der Waals surface area contributed by atoms with Gasteiger partial charge in [-0.25, -0.2) is 0 Å². The molecule has 4 heteroatoms. The van der Waals surface area contributed by atoms with Crippen molar-refractivity contribution in [2.75, 3.05) is 26.3 Å². The average Bonchev–Trinajstić information content (AvgIpc) is 2.59. The topological polar surface area (TPSA) is 41.1 Å². The number of likely N-dealkylation sites (N-methyl/N-ethyl adjacent to an activating group) is 1. The van der Waals surface area contributed by atoms with Crippen molar-refractivity contribution in [3.8, 4) is 0 Å². The molecule has 1 aromatic heterocycles. The third-order valence-electron chi connectivity index (χ3n) is 3.16. The highest BCUT2D eigenvalue weighted by Gasteiger charge is 2.27. The molecule has 0 aromatic carbocycles. The van der Waals surface area contributed by atoms with E-state index in [0.717, 1.165) is 32.0 Å². The molecule has 0 unspecified atom stereocenters. The summed E-state index contributed by atoms with van der Waals surface area (Å²) >= 11 is 0. The van der Waals surface area contributed by atoms with Gasteiger partial charge in [0.25, 0.3) is 0 Å². The van der Waals surface area contributed by atoms with Crippen molar-refractivity contribution in [1.82, 2.24) is 15.1 Å². The summed E-state index contributed by atoms with van der Waals surface area (Å²) < 4.78 is 5.56. The van der Waals surface area contributed by atoms with Gasteiger partial charge in [0.05, 0.1) is 24.9 Å². The van der Waals surface area contributed by atoms with Crippen LogP contribution in [0.15, 0.2) is 0 Å². The lowest BCUT2D eigenvalue weighted by molar-refractivity contribution is -0.00618. The number of rotatable bonds is 2. The van der Waals surface area contributed by atoms with E-state index in [1.807, 2.05) is 0 Å². The van der Waals surface area contributed by atoms with Crippen LogP contribution in [0.1, 0.15) is 29.9 Å². The standard InChI is InChI=1S/C11H19N3O/c1-4-14-5-6-15-7-10(14)11-8(2)12-13-9(11)3/h10H,4-7H2,1-3H3,(H,12,13)/t10-/m0/s1. The zero-order valence-electron chi connectivity index (χ0n) is 9.71. The summed E-state index contributed by atoms with van der Waals surface area (Å²) in [6.45, 7) is 10.1. The minimum absolute atomic E-state index is 0.377. The van der Waals surface area contributed by atoms with Gasteiger partial charge < -0.3 is 4.74 Å². The first-order chi connectivity index (χ1) is 7.24. The number of hydrogen-bond donors (Lipinski definition) is 1. The van der Waals surface area contributed by atoms with Crippen LogP contribution < -0.4 is 0 Å². The Labute approximate surface area is 90.6 Å². The first-order valence-corrected chi connectivity index (χ1v) is 5.57. The van der Waals surface area contributed by atoms with Crippen LogP contribution in [-0.4, -0.2) is 41.4 Å². The monoisotopic (exact) mass is 209 g/mol. The van der Waals surface area contributed by atoms with Gasteiger partial charge in [0.1, 0.15) is 0 Å². The van der Waals surface area contributed by atoms with Gasteiger partial charge in [-0.2, -0.15) is 5.10 Å². The summed E-state index contributed by atoms with van der Waals surface area (Å²) in [7, 11) is 0. The molecule has 84 valence electrons. The van der Waals surface area contributed by atoms with E-state index >= 15 is 0 Å². The third kappa shape index (κ3) is 1.92. The number of nitrogens with zero attached hydrogens (tertiary/aromatic N) is 2. The van der Waals surface area contributed by atoms with Crippen molar-refractivity contribution in [3.05, 3.63) is 17.0 Å². The van der Waals surface area contributed by atoms with Crippen molar-refractivity contribution >= 4 is 0 Å². The molecule has 0 bridgehead atoms. The number of nitrogens with one attached hydrogen (secondary N) is 1. The van der Waals surface area contributed by atoms with Crippen molar-refractivity contribution in [2.24, 2.45) is 0 Å². The molecule has 1 saturated heterocycles. The Balaban J connectivity index is 2.27. The molecule has 0 amide bonds.